The van der Waals surface area contributed by atoms with Gasteiger partial charge < -0.3 is 4.74 Å². The lowest BCUT2D eigenvalue weighted by atomic mass is 10.2. The highest BCUT2D eigenvalue weighted by molar-refractivity contribution is 6.02. The van der Waals surface area contributed by atoms with Crippen LogP contribution in [0.25, 0.3) is 10.9 Å². The van der Waals surface area contributed by atoms with Crippen molar-refractivity contribution in [2.75, 3.05) is 0 Å². The number of benzene rings is 2. The van der Waals surface area contributed by atoms with Crippen LogP contribution in [0.3, 0.4) is 0 Å². The number of aromatic nitrogens is 2. The van der Waals surface area contributed by atoms with E-state index in [9.17, 15) is 13.6 Å². The van der Waals surface area contributed by atoms with Gasteiger partial charge in [0, 0.05) is 11.5 Å². The molecule has 0 aliphatic carbocycles. The Balaban J connectivity index is 2.11. The summed E-state index contributed by atoms with van der Waals surface area (Å²) in [6, 6.07) is 11.4. The second kappa shape index (κ2) is 6.39. The molecule has 0 fully saturated rings. The minimum absolute atomic E-state index is 0.0199. The van der Waals surface area contributed by atoms with Crippen molar-refractivity contribution >= 4 is 16.9 Å². The standard InChI is InChI=1S/C18H16F2N2O2/c1-11(2)24-18(23)17-13-8-14(19)15(20)9-16(13)22(21-17)10-12-6-4-3-5-7-12/h3-9,11H,10H2,1-2H3. The summed E-state index contributed by atoms with van der Waals surface area (Å²) in [5.41, 5.74) is 1.25. The molecule has 0 amide bonds. The largest absolute Gasteiger partial charge is 0.458 e. The fraction of sp³-hybridized carbons (Fsp3) is 0.222. The van der Waals surface area contributed by atoms with Gasteiger partial charge in [-0.15, -0.1) is 0 Å². The molecule has 124 valence electrons. The van der Waals surface area contributed by atoms with Crippen LogP contribution in [0.5, 0.6) is 0 Å². The van der Waals surface area contributed by atoms with Crippen LogP contribution in [0.2, 0.25) is 0 Å². The number of fused-ring (bicyclic) bond motifs is 1. The Morgan fingerprint density at radius 1 is 1.17 bits per heavy atom. The first-order valence-corrected chi connectivity index (χ1v) is 7.56. The Morgan fingerprint density at radius 3 is 2.50 bits per heavy atom. The zero-order valence-corrected chi connectivity index (χ0v) is 13.3. The van der Waals surface area contributed by atoms with Gasteiger partial charge in [0.05, 0.1) is 18.2 Å². The summed E-state index contributed by atoms with van der Waals surface area (Å²) in [6.07, 6.45) is -0.336. The normalized spacial score (nSPS) is 11.2. The van der Waals surface area contributed by atoms with Crippen molar-refractivity contribution in [3.8, 4) is 0 Å². The summed E-state index contributed by atoms with van der Waals surface area (Å²) >= 11 is 0. The molecule has 6 heteroatoms. The molecule has 24 heavy (non-hydrogen) atoms. The van der Waals surface area contributed by atoms with Gasteiger partial charge in [0.1, 0.15) is 0 Å². The number of halogens is 2. The molecule has 0 bridgehead atoms. The molecule has 0 aliphatic rings. The Hall–Kier alpha value is -2.76. The van der Waals surface area contributed by atoms with Crippen molar-refractivity contribution in [1.82, 2.24) is 9.78 Å². The second-order valence-electron chi connectivity index (χ2n) is 5.73. The molecule has 0 saturated heterocycles. The number of nitrogens with zero attached hydrogens (tertiary/aromatic N) is 2. The minimum atomic E-state index is -1.03. The zero-order valence-electron chi connectivity index (χ0n) is 13.3. The maximum absolute atomic E-state index is 13.7. The number of ether oxygens (including phenoxy) is 1. The molecule has 0 aliphatic heterocycles. The number of hydrogen-bond donors (Lipinski definition) is 0. The Kier molecular flexibility index (Phi) is 4.29. The van der Waals surface area contributed by atoms with Crippen LogP contribution < -0.4 is 0 Å². The lowest BCUT2D eigenvalue weighted by Gasteiger charge is -2.05. The average molecular weight is 330 g/mol. The van der Waals surface area contributed by atoms with E-state index in [2.05, 4.69) is 5.10 Å². The third kappa shape index (κ3) is 3.13. The number of esters is 1. The van der Waals surface area contributed by atoms with Crippen molar-refractivity contribution in [3.63, 3.8) is 0 Å². The number of rotatable bonds is 4. The molecule has 0 saturated carbocycles. The molecule has 0 unspecified atom stereocenters. The lowest BCUT2D eigenvalue weighted by Crippen LogP contribution is -2.13. The topological polar surface area (TPSA) is 44.1 Å². The molecule has 0 N–H and O–H groups in total. The van der Waals surface area contributed by atoms with E-state index in [0.717, 1.165) is 17.7 Å². The smallest absolute Gasteiger partial charge is 0.359 e. The highest BCUT2D eigenvalue weighted by Crippen LogP contribution is 2.24. The molecular weight excluding hydrogens is 314 g/mol. The summed E-state index contributed by atoms with van der Waals surface area (Å²) in [6.45, 7) is 3.75. The summed E-state index contributed by atoms with van der Waals surface area (Å²) in [5, 5.41) is 4.46. The maximum atomic E-state index is 13.7. The molecule has 1 aromatic heterocycles. The van der Waals surface area contributed by atoms with E-state index in [1.807, 2.05) is 30.3 Å². The minimum Gasteiger partial charge on any atom is -0.458 e. The van der Waals surface area contributed by atoms with Crippen LogP contribution in [0, 0.1) is 11.6 Å². The van der Waals surface area contributed by atoms with Crippen LogP contribution in [-0.2, 0) is 11.3 Å². The first-order chi connectivity index (χ1) is 11.5. The highest BCUT2D eigenvalue weighted by Gasteiger charge is 2.21. The van der Waals surface area contributed by atoms with Crippen LogP contribution in [0.4, 0.5) is 8.78 Å². The molecule has 0 spiro atoms. The third-order valence-electron chi connectivity index (χ3n) is 3.50. The van der Waals surface area contributed by atoms with Gasteiger partial charge in [-0.3, -0.25) is 4.68 Å². The van der Waals surface area contributed by atoms with E-state index in [1.54, 1.807) is 13.8 Å². The predicted molar refractivity (Wildman–Crippen MR) is 85.7 cm³/mol. The van der Waals surface area contributed by atoms with Gasteiger partial charge in [-0.2, -0.15) is 5.10 Å². The maximum Gasteiger partial charge on any atom is 0.359 e. The first-order valence-electron chi connectivity index (χ1n) is 7.56. The Morgan fingerprint density at radius 2 is 1.83 bits per heavy atom. The monoisotopic (exact) mass is 330 g/mol. The van der Waals surface area contributed by atoms with Gasteiger partial charge in [-0.25, -0.2) is 13.6 Å². The number of carbonyl (C=O) groups excluding carboxylic acids is 1. The molecule has 1 heterocycles. The van der Waals surface area contributed by atoms with Crippen molar-refractivity contribution in [3.05, 3.63) is 65.4 Å². The lowest BCUT2D eigenvalue weighted by molar-refractivity contribution is 0.0372. The highest BCUT2D eigenvalue weighted by atomic mass is 19.2. The molecular formula is C18H16F2N2O2. The van der Waals surface area contributed by atoms with Crippen LogP contribution >= 0.6 is 0 Å². The Labute approximate surface area is 137 Å². The molecule has 2 aromatic carbocycles. The summed E-state index contributed by atoms with van der Waals surface area (Å²) in [7, 11) is 0. The van der Waals surface area contributed by atoms with Crippen molar-refractivity contribution in [2.45, 2.75) is 26.5 Å². The third-order valence-corrected chi connectivity index (χ3v) is 3.50. The van der Waals surface area contributed by atoms with Crippen molar-refractivity contribution < 1.29 is 18.3 Å². The van der Waals surface area contributed by atoms with Gasteiger partial charge in [0.2, 0.25) is 0 Å². The van der Waals surface area contributed by atoms with Crippen LogP contribution in [0.15, 0.2) is 42.5 Å². The van der Waals surface area contributed by atoms with Crippen LogP contribution in [-0.4, -0.2) is 21.9 Å². The number of hydrogen-bond acceptors (Lipinski definition) is 3. The fourth-order valence-corrected chi connectivity index (χ4v) is 2.47. The molecule has 0 atom stereocenters. The van der Waals surface area contributed by atoms with Crippen molar-refractivity contribution in [2.24, 2.45) is 0 Å². The molecule has 3 rings (SSSR count). The van der Waals surface area contributed by atoms with E-state index < -0.39 is 17.6 Å². The Bertz CT molecular complexity index is 889. The average Bonchev–Trinajstić information content (AvgIpc) is 2.86. The van der Waals surface area contributed by atoms with Gasteiger partial charge in [-0.05, 0) is 25.5 Å². The zero-order chi connectivity index (χ0) is 17.3. The summed E-state index contributed by atoms with van der Waals surface area (Å²) in [5.74, 6) is -2.67. The summed E-state index contributed by atoms with van der Waals surface area (Å²) < 4.78 is 33.9. The fourth-order valence-electron chi connectivity index (χ4n) is 2.47. The van der Waals surface area contributed by atoms with Crippen LogP contribution in [0.1, 0.15) is 29.9 Å². The second-order valence-corrected chi connectivity index (χ2v) is 5.73. The van der Waals surface area contributed by atoms with E-state index in [4.69, 9.17) is 4.74 Å². The quantitative estimate of drug-likeness (QED) is 0.681. The van der Waals surface area contributed by atoms with Gasteiger partial charge in [0.25, 0.3) is 0 Å². The van der Waals surface area contributed by atoms with E-state index in [-0.39, 0.29) is 17.2 Å². The molecule has 4 nitrogen and oxygen atoms in total. The van der Waals surface area contributed by atoms with E-state index >= 15 is 0 Å². The molecule has 3 aromatic rings. The van der Waals surface area contributed by atoms with Gasteiger partial charge in [-0.1, -0.05) is 30.3 Å². The first kappa shape index (κ1) is 16.1. The van der Waals surface area contributed by atoms with Gasteiger partial charge in [0.15, 0.2) is 17.3 Å². The SMILES string of the molecule is CC(C)OC(=O)c1nn(Cc2ccccc2)c2cc(F)c(F)cc12. The van der Waals surface area contributed by atoms with E-state index in [0.29, 0.717) is 12.1 Å². The summed E-state index contributed by atoms with van der Waals surface area (Å²) in [4.78, 5) is 12.2. The van der Waals surface area contributed by atoms with Crippen molar-refractivity contribution in [1.29, 1.82) is 0 Å². The predicted octanol–water partition coefficient (Wildman–Crippen LogP) is 3.93. The van der Waals surface area contributed by atoms with Gasteiger partial charge >= 0.3 is 5.97 Å². The molecule has 0 radical (unpaired) electrons. The number of carbonyl (C=O) groups is 1. The van der Waals surface area contributed by atoms with E-state index in [1.165, 1.54) is 4.68 Å².